The van der Waals surface area contributed by atoms with Crippen LogP contribution in [0.2, 0.25) is 0 Å². The second kappa shape index (κ2) is 4.15. The summed E-state index contributed by atoms with van der Waals surface area (Å²) in [5, 5.41) is 0. The highest BCUT2D eigenvalue weighted by molar-refractivity contribution is 5.28. The van der Waals surface area contributed by atoms with Gasteiger partial charge in [-0.15, -0.1) is 0 Å². The zero-order valence-corrected chi connectivity index (χ0v) is 10.3. The van der Waals surface area contributed by atoms with Gasteiger partial charge < -0.3 is 9.47 Å². The van der Waals surface area contributed by atoms with Crippen LogP contribution in [-0.4, -0.2) is 27.4 Å². The van der Waals surface area contributed by atoms with E-state index in [-0.39, 0.29) is 0 Å². The molecule has 2 saturated carbocycles. The van der Waals surface area contributed by atoms with Crippen LogP contribution >= 0.6 is 0 Å². The number of hydrogen-bond donors (Lipinski definition) is 0. The van der Waals surface area contributed by atoms with Gasteiger partial charge in [-0.1, -0.05) is 11.6 Å². The first kappa shape index (κ1) is 10.8. The molecule has 3 aliphatic rings. The lowest BCUT2D eigenvalue weighted by molar-refractivity contribution is 0.0619. The molecule has 0 spiro atoms. The lowest BCUT2D eigenvalue weighted by Gasteiger charge is -2.30. The maximum absolute atomic E-state index is 5.42. The molecule has 3 rings (SSSR count). The molecule has 0 aromatic rings. The average Bonchev–Trinajstić information content (AvgIpc) is 2.97. The Bertz CT molecular complexity index is 293. The zero-order valence-electron chi connectivity index (χ0n) is 10.3. The van der Waals surface area contributed by atoms with Gasteiger partial charge in [0.05, 0.1) is 0 Å². The van der Waals surface area contributed by atoms with E-state index in [0.29, 0.717) is 5.92 Å². The van der Waals surface area contributed by atoms with Gasteiger partial charge in [0.15, 0.2) is 0 Å². The second-order valence-electron chi connectivity index (χ2n) is 5.69. The van der Waals surface area contributed by atoms with Gasteiger partial charge >= 0.3 is 0 Å². The van der Waals surface area contributed by atoms with Gasteiger partial charge in [0.2, 0.25) is 0 Å². The molecule has 2 fully saturated rings. The molecule has 3 aliphatic carbocycles. The number of allylic oxidation sites excluding steroid dienone is 2. The van der Waals surface area contributed by atoms with Crippen LogP contribution in [0.3, 0.4) is 0 Å². The predicted molar refractivity (Wildman–Crippen MR) is 63.1 cm³/mol. The average molecular weight is 222 g/mol. The molecule has 0 saturated heterocycles. The topological polar surface area (TPSA) is 18.5 Å². The van der Waals surface area contributed by atoms with E-state index in [9.17, 15) is 0 Å². The van der Waals surface area contributed by atoms with E-state index < -0.39 is 0 Å². The fourth-order valence-corrected chi connectivity index (χ4v) is 3.93. The first-order chi connectivity index (χ1) is 7.85. The molecule has 16 heavy (non-hydrogen) atoms. The van der Waals surface area contributed by atoms with E-state index >= 15 is 0 Å². The van der Waals surface area contributed by atoms with Gasteiger partial charge in [0.25, 0.3) is 0 Å². The van der Waals surface area contributed by atoms with Gasteiger partial charge in [0, 0.05) is 27.4 Å². The number of methoxy groups -OCH3 is 2. The van der Waals surface area contributed by atoms with E-state index in [1.54, 1.807) is 5.57 Å². The molecule has 0 unspecified atom stereocenters. The smallest absolute Gasteiger partial charge is 0.0499 e. The Morgan fingerprint density at radius 1 is 1.12 bits per heavy atom. The largest absolute Gasteiger partial charge is 0.384 e. The fourth-order valence-electron chi connectivity index (χ4n) is 3.93. The van der Waals surface area contributed by atoms with Crippen molar-refractivity contribution >= 4 is 0 Å². The van der Waals surface area contributed by atoms with Gasteiger partial charge in [-0.2, -0.15) is 0 Å². The molecule has 0 radical (unpaired) electrons. The first-order valence-corrected chi connectivity index (χ1v) is 6.54. The predicted octanol–water partition coefficient (Wildman–Crippen LogP) is 2.50. The molecule has 0 aromatic carbocycles. The Morgan fingerprint density at radius 2 is 1.81 bits per heavy atom. The Morgan fingerprint density at radius 3 is 2.44 bits per heavy atom. The molecule has 2 nitrogen and oxygen atoms in total. The molecular formula is C14H22O2. The summed E-state index contributed by atoms with van der Waals surface area (Å²) in [5.41, 5.74) is 1.78. The number of ether oxygens (including phenoxy) is 2. The minimum Gasteiger partial charge on any atom is -0.384 e. The summed E-state index contributed by atoms with van der Waals surface area (Å²) in [6.07, 6.45) is 6.82. The zero-order chi connectivity index (χ0) is 11.1. The molecule has 0 aliphatic heterocycles. The quantitative estimate of drug-likeness (QED) is 0.665. The molecule has 0 amide bonds. The maximum atomic E-state index is 5.42. The monoisotopic (exact) mass is 222 g/mol. The van der Waals surface area contributed by atoms with Gasteiger partial charge in [0.1, 0.15) is 0 Å². The summed E-state index contributed by atoms with van der Waals surface area (Å²) in [5.74, 6) is 3.96. The molecule has 90 valence electrons. The third-order valence-electron chi connectivity index (χ3n) is 4.74. The van der Waals surface area contributed by atoms with Crippen LogP contribution in [0.4, 0.5) is 0 Å². The van der Waals surface area contributed by atoms with Crippen LogP contribution in [-0.2, 0) is 9.47 Å². The lowest BCUT2D eigenvalue weighted by atomic mass is 9.79. The van der Waals surface area contributed by atoms with Crippen molar-refractivity contribution in [3.05, 3.63) is 11.6 Å². The maximum Gasteiger partial charge on any atom is 0.0499 e. The SMILES string of the molecule is COC[C@@H]1[C@H](COC)[C@@H]2C=C(C3CC3)[C@H]1C2. The minimum absolute atomic E-state index is 0.706. The van der Waals surface area contributed by atoms with Crippen molar-refractivity contribution in [2.45, 2.75) is 19.3 Å². The fraction of sp³-hybridized carbons (Fsp3) is 0.857. The Labute approximate surface area is 98.0 Å². The molecule has 4 atom stereocenters. The summed E-state index contributed by atoms with van der Waals surface area (Å²) >= 11 is 0. The van der Waals surface area contributed by atoms with E-state index in [0.717, 1.165) is 36.9 Å². The van der Waals surface area contributed by atoms with Crippen LogP contribution < -0.4 is 0 Å². The molecule has 0 N–H and O–H groups in total. The van der Waals surface area contributed by atoms with E-state index in [1.807, 2.05) is 14.2 Å². The van der Waals surface area contributed by atoms with Crippen molar-refractivity contribution in [2.75, 3.05) is 27.4 Å². The van der Waals surface area contributed by atoms with Gasteiger partial charge in [-0.05, 0) is 48.9 Å². The van der Waals surface area contributed by atoms with E-state index in [4.69, 9.17) is 9.47 Å². The summed E-state index contributed by atoms with van der Waals surface area (Å²) in [6, 6.07) is 0. The van der Waals surface area contributed by atoms with Gasteiger partial charge in [-0.25, -0.2) is 0 Å². The summed E-state index contributed by atoms with van der Waals surface area (Å²) in [6.45, 7) is 1.82. The molecule has 0 aromatic heterocycles. The van der Waals surface area contributed by atoms with Crippen molar-refractivity contribution in [3.8, 4) is 0 Å². The highest BCUT2D eigenvalue weighted by Gasteiger charge is 2.50. The molecule has 2 heteroatoms. The molecule has 2 bridgehead atoms. The molecular weight excluding hydrogens is 200 g/mol. The summed E-state index contributed by atoms with van der Waals surface area (Å²) < 4.78 is 10.8. The van der Waals surface area contributed by atoms with Crippen LogP contribution in [0, 0.1) is 29.6 Å². The Balaban J connectivity index is 1.77. The van der Waals surface area contributed by atoms with Crippen molar-refractivity contribution < 1.29 is 9.47 Å². The highest BCUT2D eigenvalue weighted by Crippen LogP contribution is 2.57. The number of hydrogen-bond acceptors (Lipinski definition) is 2. The molecule has 0 heterocycles. The lowest BCUT2D eigenvalue weighted by Crippen LogP contribution is -2.29. The van der Waals surface area contributed by atoms with Crippen LogP contribution in [0.5, 0.6) is 0 Å². The van der Waals surface area contributed by atoms with Crippen molar-refractivity contribution in [2.24, 2.45) is 29.6 Å². The van der Waals surface area contributed by atoms with E-state index in [2.05, 4.69) is 6.08 Å². The summed E-state index contributed by atoms with van der Waals surface area (Å²) in [4.78, 5) is 0. The van der Waals surface area contributed by atoms with Gasteiger partial charge in [-0.3, -0.25) is 0 Å². The van der Waals surface area contributed by atoms with Crippen LogP contribution in [0.1, 0.15) is 19.3 Å². The minimum atomic E-state index is 0.706. The normalized spacial score (nSPS) is 41.5. The number of fused-ring (bicyclic) bond motifs is 2. The third kappa shape index (κ3) is 1.63. The third-order valence-corrected chi connectivity index (χ3v) is 4.74. The Kier molecular flexibility index (Phi) is 2.80. The second-order valence-corrected chi connectivity index (χ2v) is 5.69. The van der Waals surface area contributed by atoms with Crippen LogP contribution in [0.15, 0.2) is 11.6 Å². The standard InChI is InChI=1S/C14H22O2/c1-15-7-13-10-5-11(9-3-4-9)12(6-10)14(13)8-16-2/h5,9-10,12-14H,3-4,6-8H2,1-2H3/t10-,12-,13-,14+/m1/s1. The summed E-state index contributed by atoms with van der Waals surface area (Å²) in [7, 11) is 3.65. The first-order valence-electron chi connectivity index (χ1n) is 6.54. The van der Waals surface area contributed by atoms with Crippen molar-refractivity contribution in [1.82, 2.24) is 0 Å². The van der Waals surface area contributed by atoms with E-state index in [1.165, 1.54) is 19.3 Å². The van der Waals surface area contributed by atoms with Crippen molar-refractivity contribution in [1.29, 1.82) is 0 Å². The number of rotatable bonds is 5. The van der Waals surface area contributed by atoms with Crippen LogP contribution in [0.25, 0.3) is 0 Å². The highest BCUT2D eigenvalue weighted by atomic mass is 16.5. The van der Waals surface area contributed by atoms with Crippen molar-refractivity contribution in [3.63, 3.8) is 0 Å². The Hall–Kier alpha value is -0.340.